The van der Waals surface area contributed by atoms with Crippen molar-refractivity contribution in [2.24, 2.45) is 0 Å². The highest BCUT2D eigenvalue weighted by atomic mass is 35.5. The predicted molar refractivity (Wildman–Crippen MR) is 126 cm³/mol. The summed E-state index contributed by atoms with van der Waals surface area (Å²) in [5.41, 5.74) is 3.56. The maximum absolute atomic E-state index is 13.6. The van der Waals surface area contributed by atoms with Gasteiger partial charge in [0, 0.05) is 12.1 Å². The van der Waals surface area contributed by atoms with E-state index in [0.717, 1.165) is 22.4 Å². The summed E-state index contributed by atoms with van der Waals surface area (Å²) in [5, 5.41) is 0.762. The summed E-state index contributed by atoms with van der Waals surface area (Å²) in [6, 6.07) is 16.3. The van der Waals surface area contributed by atoms with E-state index in [0.29, 0.717) is 40.1 Å². The van der Waals surface area contributed by atoms with E-state index in [1.54, 1.807) is 39.5 Å². The molecule has 0 fully saturated rings. The minimum atomic E-state index is -0.314. The molecule has 0 unspecified atom stereocenters. The third kappa shape index (κ3) is 4.10. The van der Waals surface area contributed by atoms with Crippen LogP contribution in [0.1, 0.15) is 33.1 Å². The second-order valence-corrected chi connectivity index (χ2v) is 8.27. The Kier molecular flexibility index (Phi) is 6.49. The van der Waals surface area contributed by atoms with Gasteiger partial charge < -0.3 is 19.1 Å². The largest absolute Gasteiger partial charge is 0.497 e. The number of hydrogen-bond donors (Lipinski definition) is 0. The molecule has 3 aromatic rings. The van der Waals surface area contributed by atoms with Crippen LogP contribution < -0.4 is 14.2 Å². The SMILES string of the molecule is COc1ccc([C@@H]2c3cc(OC)c(OC)cc3CCN2C(=O)c2ccc(Cl)c(Cl)c2)cc1. The Morgan fingerprint density at radius 1 is 0.875 bits per heavy atom. The highest BCUT2D eigenvalue weighted by Gasteiger charge is 2.34. The van der Waals surface area contributed by atoms with Crippen molar-refractivity contribution in [2.45, 2.75) is 12.5 Å². The molecule has 0 spiro atoms. The number of benzene rings is 3. The zero-order valence-electron chi connectivity index (χ0n) is 18.0. The molecule has 1 amide bonds. The first-order valence-corrected chi connectivity index (χ1v) is 10.9. The van der Waals surface area contributed by atoms with Crippen molar-refractivity contribution in [1.82, 2.24) is 4.90 Å². The number of rotatable bonds is 5. The molecule has 1 atom stereocenters. The molecule has 4 rings (SSSR count). The normalized spacial score (nSPS) is 15.2. The van der Waals surface area contributed by atoms with Gasteiger partial charge in [0.1, 0.15) is 5.75 Å². The van der Waals surface area contributed by atoms with Crippen LogP contribution in [0.15, 0.2) is 54.6 Å². The van der Waals surface area contributed by atoms with Gasteiger partial charge in [0.05, 0.1) is 37.4 Å². The molecule has 0 bridgehead atoms. The van der Waals surface area contributed by atoms with Crippen LogP contribution in [0.2, 0.25) is 10.0 Å². The fourth-order valence-corrected chi connectivity index (χ4v) is 4.40. The van der Waals surface area contributed by atoms with E-state index in [2.05, 4.69) is 0 Å². The maximum Gasteiger partial charge on any atom is 0.254 e. The standard InChI is InChI=1S/C25H23Cl2NO4/c1-30-18-7-4-15(5-8-18)24-19-14-23(32-3)22(31-2)13-16(19)10-11-28(24)25(29)17-6-9-20(26)21(27)12-17/h4-9,12-14,24H,10-11H2,1-3H3/t24-/m1/s1. The van der Waals surface area contributed by atoms with Gasteiger partial charge in [0.2, 0.25) is 0 Å². The highest BCUT2D eigenvalue weighted by molar-refractivity contribution is 6.42. The highest BCUT2D eigenvalue weighted by Crippen LogP contribution is 2.42. The maximum atomic E-state index is 13.6. The molecule has 3 aromatic carbocycles. The number of nitrogens with zero attached hydrogens (tertiary/aromatic N) is 1. The van der Waals surface area contributed by atoms with Crippen LogP contribution in [0.5, 0.6) is 17.2 Å². The Morgan fingerprint density at radius 2 is 1.56 bits per heavy atom. The van der Waals surface area contributed by atoms with Gasteiger partial charge in [-0.15, -0.1) is 0 Å². The van der Waals surface area contributed by atoms with Crippen molar-refractivity contribution >= 4 is 29.1 Å². The van der Waals surface area contributed by atoms with E-state index in [-0.39, 0.29) is 11.9 Å². The Hall–Kier alpha value is -2.89. The predicted octanol–water partition coefficient (Wildman–Crippen LogP) is 5.81. The second-order valence-electron chi connectivity index (χ2n) is 7.46. The summed E-state index contributed by atoms with van der Waals surface area (Å²) < 4.78 is 16.4. The average molecular weight is 472 g/mol. The first-order chi connectivity index (χ1) is 15.5. The Bertz CT molecular complexity index is 1150. The molecule has 1 heterocycles. The van der Waals surface area contributed by atoms with Crippen LogP contribution in [0.4, 0.5) is 0 Å². The zero-order chi connectivity index (χ0) is 22.8. The molecule has 1 aliphatic rings. The van der Waals surface area contributed by atoms with E-state index in [1.165, 1.54) is 0 Å². The fraction of sp³-hybridized carbons (Fsp3) is 0.240. The number of carbonyl (C=O) groups excluding carboxylic acids is 1. The lowest BCUT2D eigenvalue weighted by Crippen LogP contribution is -2.40. The first-order valence-electron chi connectivity index (χ1n) is 10.1. The molecular formula is C25H23Cl2NO4. The van der Waals surface area contributed by atoms with E-state index < -0.39 is 0 Å². The number of halogens is 2. The lowest BCUT2D eigenvalue weighted by atomic mass is 9.87. The van der Waals surface area contributed by atoms with Crippen LogP contribution in [-0.4, -0.2) is 38.7 Å². The van der Waals surface area contributed by atoms with E-state index in [1.807, 2.05) is 41.3 Å². The third-order valence-corrected chi connectivity index (χ3v) is 6.47. The van der Waals surface area contributed by atoms with Crippen LogP contribution in [0, 0.1) is 0 Å². The van der Waals surface area contributed by atoms with Crippen LogP contribution in [0.25, 0.3) is 0 Å². The topological polar surface area (TPSA) is 48.0 Å². The van der Waals surface area contributed by atoms with Gasteiger partial charge in [0.25, 0.3) is 5.91 Å². The van der Waals surface area contributed by atoms with E-state index in [9.17, 15) is 4.79 Å². The monoisotopic (exact) mass is 471 g/mol. The molecule has 1 aliphatic heterocycles. The van der Waals surface area contributed by atoms with Crippen molar-refractivity contribution in [3.8, 4) is 17.2 Å². The fourth-order valence-electron chi connectivity index (χ4n) is 4.11. The zero-order valence-corrected chi connectivity index (χ0v) is 19.5. The summed E-state index contributed by atoms with van der Waals surface area (Å²) in [6.45, 7) is 0.540. The first kappa shape index (κ1) is 22.3. The summed E-state index contributed by atoms with van der Waals surface area (Å²) in [5.74, 6) is 1.92. The quantitative estimate of drug-likeness (QED) is 0.471. The third-order valence-electron chi connectivity index (χ3n) is 5.73. The molecule has 0 N–H and O–H groups in total. The van der Waals surface area contributed by atoms with Crippen molar-refractivity contribution in [3.05, 3.63) is 86.9 Å². The smallest absolute Gasteiger partial charge is 0.254 e. The van der Waals surface area contributed by atoms with Gasteiger partial charge in [-0.1, -0.05) is 35.3 Å². The van der Waals surface area contributed by atoms with Crippen LogP contribution in [-0.2, 0) is 6.42 Å². The molecule has 7 heteroatoms. The number of amides is 1. The van der Waals surface area contributed by atoms with Gasteiger partial charge in [-0.3, -0.25) is 4.79 Å². The Balaban J connectivity index is 1.84. The number of methoxy groups -OCH3 is 3. The summed E-state index contributed by atoms with van der Waals surface area (Å²) in [6.07, 6.45) is 0.690. The van der Waals surface area contributed by atoms with Crippen molar-refractivity contribution in [3.63, 3.8) is 0 Å². The lowest BCUT2D eigenvalue weighted by Gasteiger charge is -2.38. The Labute approximate surface area is 197 Å². The molecule has 0 aliphatic carbocycles. The molecule has 0 saturated carbocycles. The summed E-state index contributed by atoms with van der Waals surface area (Å²) >= 11 is 12.2. The van der Waals surface area contributed by atoms with Crippen molar-refractivity contribution < 1.29 is 19.0 Å². The molecule has 0 aromatic heterocycles. The number of carbonyl (C=O) groups is 1. The molecule has 32 heavy (non-hydrogen) atoms. The van der Waals surface area contributed by atoms with Crippen LogP contribution >= 0.6 is 23.2 Å². The molecule has 0 radical (unpaired) electrons. The van der Waals surface area contributed by atoms with E-state index in [4.69, 9.17) is 37.4 Å². The molecule has 0 saturated heterocycles. The number of fused-ring (bicyclic) bond motifs is 1. The number of hydrogen-bond acceptors (Lipinski definition) is 4. The van der Waals surface area contributed by atoms with E-state index >= 15 is 0 Å². The van der Waals surface area contributed by atoms with Gasteiger partial charge in [-0.25, -0.2) is 0 Å². The van der Waals surface area contributed by atoms with Gasteiger partial charge in [0.15, 0.2) is 11.5 Å². The number of ether oxygens (including phenoxy) is 3. The molecule has 166 valence electrons. The molecular weight excluding hydrogens is 449 g/mol. The minimum Gasteiger partial charge on any atom is -0.497 e. The van der Waals surface area contributed by atoms with Crippen LogP contribution in [0.3, 0.4) is 0 Å². The van der Waals surface area contributed by atoms with Crippen molar-refractivity contribution in [2.75, 3.05) is 27.9 Å². The van der Waals surface area contributed by atoms with Crippen molar-refractivity contribution in [1.29, 1.82) is 0 Å². The summed E-state index contributed by atoms with van der Waals surface area (Å²) in [7, 11) is 4.85. The van der Waals surface area contributed by atoms with Gasteiger partial charge in [-0.05, 0) is 65.6 Å². The minimum absolute atomic E-state index is 0.121. The Morgan fingerprint density at radius 3 is 2.19 bits per heavy atom. The lowest BCUT2D eigenvalue weighted by molar-refractivity contribution is 0.0694. The van der Waals surface area contributed by atoms with Gasteiger partial charge >= 0.3 is 0 Å². The van der Waals surface area contributed by atoms with Gasteiger partial charge in [-0.2, -0.15) is 0 Å². The molecule has 5 nitrogen and oxygen atoms in total. The summed E-state index contributed by atoms with van der Waals surface area (Å²) in [4.78, 5) is 15.5. The average Bonchev–Trinajstić information content (AvgIpc) is 2.83. The second kappa shape index (κ2) is 9.31.